The number of rotatable bonds is 4. The summed E-state index contributed by atoms with van der Waals surface area (Å²) in [5, 5.41) is 9.01. The molecule has 1 aliphatic heterocycles. The average molecular weight is 390 g/mol. The molecule has 0 saturated heterocycles. The van der Waals surface area contributed by atoms with Crippen molar-refractivity contribution in [2.24, 2.45) is 0 Å². The van der Waals surface area contributed by atoms with Crippen LogP contribution in [0.5, 0.6) is 0 Å². The molecule has 7 nitrogen and oxygen atoms in total. The first-order valence-corrected chi connectivity index (χ1v) is 10.0. The summed E-state index contributed by atoms with van der Waals surface area (Å²) < 4.78 is 2.98. The lowest BCUT2D eigenvalue weighted by molar-refractivity contribution is 0.0970. The molecule has 140 valence electrons. The number of fused-ring (bicyclic) bond motifs is 2. The van der Waals surface area contributed by atoms with E-state index in [0.717, 1.165) is 41.1 Å². The van der Waals surface area contributed by atoms with Crippen molar-refractivity contribution < 1.29 is 4.79 Å². The first kappa shape index (κ1) is 17.0. The van der Waals surface area contributed by atoms with Crippen LogP contribution in [-0.4, -0.2) is 30.6 Å². The Balaban J connectivity index is 1.58. The summed E-state index contributed by atoms with van der Waals surface area (Å²) in [6.07, 6.45) is 3.58. The van der Waals surface area contributed by atoms with E-state index in [0.29, 0.717) is 17.5 Å². The third kappa shape index (κ3) is 2.95. The van der Waals surface area contributed by atoms with E-state index in [-0.39, 0.29) is 5.91 Å². The first-order chi connectivity index (χ1) is 13.7. The molecule has 0 spiro atoms. The average Bonchev–Trinajstić information content (AvgIpc) is 3.41. The molecule has 1 aliphatic rings. The van der Waals surface area contributed by atoms with Crippen molar-refractivity contribution in [1.82, 2.24) is 24.7 Å². The summed E-state index contributed by atoms with van der Waals surface area (Å²) in [6, 6.07) is 11.8. The standard InChI is InChI=1S/C20H18N6OS/c1-13-7-8-15-16(11-13)28-20(22-15)26(12-14-5-2-3-9-21-14)19(27)18-24-23-17-6-4-10-25(17)18/h2-3,5,7-9,11H,4,6,10,12H2,1H3. The molecule has 28 heavy (non-hydrogen) atoms. The number of amides is 1. The number of aryl methyl sites for hydroxylation is 2. The predicted octanol–water partition coefficient (Wildman–Crippen LogP) is 3.38. The highest BCUT2D eigenvalue weighted by Crippen LogP contribution is 2.31. The molecule has 0 unspecified atom stereocenters. The minimum Gasteiger partial charge on any atom is -0.307 e. The van der Waals surface area contributed by atoms with Crippen molar-refractivity contribution in [1.29, 1.82) is 0 Å². The lowest BCUT2D eigenvalue weighted by atomic mass is 10.2. The third-order valence-corrected chi connectivity index (χ3v) is 5.90. The van der Waals surface area contributed by atoms with Gasteiger partial charge in [0.2, 0.25) is 5.82 Å². The van der Waals surface area contributed by atoms with E-state index >= 15 is 0 Å². The minimum absolute atomic E-state index is 0.193. The van der Waals surface area contributed by atoms with Crippen molar-refractivity contribution in [3.05, 3.63) is 65.5 Å². The highest BCUT2D eigenvalue weighted by molar-refractivity contribution is 7.22. The zero-order chi connectivity index (χ0) is 19.1. The second-order valence-corrected chi connectivity index (χ2v) is 7.88. The fourth-order valence-corrected chi connectivity index (χ4v) is 4.51. The Morgan fingerprint density at radius 2 is 2.18 bits per heavy atom. The van der Waals surface area contributed by atoms with Crippen LogP contribution in [0.1, 0.15) is 34.1 Å². The van der Waals surface area contributed by atoms with Gasteiger partial charge in [0, 0.05) is 19.2 Å². The van der Waals surface area contributed by atoms with E-state index in [1.165, 1.54) is 16.9 Å². The topological polar surface area (TPSA) is 76.8 Å². The Labute approximate surface area is 165 Å². The van der Waals surface area contributed by atoms with E-state index in [2.05, 4.69) is 28.2 Å². The van der Waals surface area contributed by atoms with E-state index in [9.17, 15) is 4.79 Å². The Bertz CT molecular complexity index is 1170. The zero-order valence-corrected chi connectivity index (χ0v) is 16.2. The Morgan fingerprint density at radius 3 is 3.04 bits per heavy atom. The Kier molecular flexibility index (Phi) is 4.12. The summed E-state index contributed by atoms with van der Waals surface area (Å²) in [4.78, 5) is 24.2. The number of aromatic nitrogens is 5. The van der Waals surface area contributed by atoms with Gasteiger partial charge in [0.05, 0.1) is 22.5 Å². The molecule has 8 heteroatoms. The van der Waals surface area contributed by atoms with Crippen molar-refractivity contribution in [3.63, 3.8) is 0 Å². The summed E-state index contributed by atoms with van der Waals surface area (Å²) >= 11 is 1.51. The minimum atomic E-state index is -0.193. The summed E-state index contributed by atoms with van der Waals surface area (Å²) in [6.45, 7) is 3.16. The van der Waals surface area contributed by atoms with Crippen LogP contribution < -0.4 is 4.90 Å². The van der Waals surface area contributed by atoms with Crippen molar-refractivity contribution in [3.8, 4) is 0 Å². The maximum Gasteiger partial charge on any atom is 0.298 e. The number of thiazole rings is 1. The lowest BCUT2D eigenvalue weighted by Crippen LogP contribution is -2.33. The molecule has 1 aromatic carbocycles. The van der Waals surface area contributed by atoms with Gasteiger partial charge in [-0.15, -0.1) is 10.2 Å². The lowest BCUT2D eigenvalue weighted by Gasteiger charge is -2.19. The van der Waals surface area contributed by atoms with Crippen LogP contribution in [0.2, 0.25) is 0 Å². The normalized spacial score (nSPS) is 13.0. The smallest absolute Gasteiger partial charge is 0.298 e. The number of carbonyl (C=O) groups is 1. The van der Waals surface area contributed by atoms with Crippen molar-refractivity contribution >= 4 is 32.6 Å². The predicted molar refractivity (Wildman–Crippen MR) is 107 cm³/mol. The number of pyridine rings is 1. The van der Waals surface area contributed by atoms with Crippen LogP contribution >= 0.6 is 11.3 Å². The highest BCUT2D eigenvalue weighted by atomic mass is 32.1. The van der Waals surface area contributed by atoms with Gasteiger partial charge in [-0.05, 0) is 43.2 Å². The molecule has 0 aliphatic carbocycles. The quantitative estimate of drug-likeness (QED) is 0.534. The molecule has 4 aromatic rings. The van der Waals surface area contributed by atoms with E-state index < -0.39 is 0 Å². The molecule has 0 saturated carbocycles. The van der Waals surface area contributed by atoms with Gasteiger partial charge < -0.3 is 4.57 Å². The molecular weight excluding hydrogens is 372 g/mol. The molecule has 4 heterocycles. The number of hydrogen-bond acceptors (Lipinski definition) is 6. The van der Waals surface area contributed by atoms with Gasteiger partial charge >= 0.3 is 0 Å². The number of carbonyl (C=O) groups excluding carboxylic acids is 1. The van der Waals surface area contributed by atoms with Gasteiger partial charge in [-0.25, -0.2) is 4.98 Å². The maximum atomic E-state index is 13.5. The summed E-state index contributed by atoms with van der Waals surface area (Å²) in [7, 11) is 0. The molecule has 1 amide bonds. The molecular formula is C20H18N6OS. The zero-order valence-electron chi connectivity index (χ0n) is 15.4. The van der Waals surface area contributed by atoms with Crippen LogP contribution in [0.3, 0.4) is 0 Å². The van der Waals surface area contributed by atoms with Gasteiger partial charge in [-0.2, -0.15) is 0 Å². The first-order valence-electron chi connectivity index (χ1n) is 9.20. The van der Waals surface area contributed by atoms with E-state index in [4.69, 9.17) is 4.98 Å². The van der Waals surface area contributed by atoms with E-state index in [1.807, 2.05) is 34.9 Å². The van der Waals surface area contributed by atoms with Crippen molar-refractivity contribution in [2.75, 3.05) is 4.90 Å². The Morgan fingerprint density at radius 1 is 1.25 bits per heavy atom. The number of nitrogens with zero attached hydrogens (tertiary/aromatic N) is 6. The number of benzene rings is 1. The molecule has 0 N–H and O–H groups in total. The van der Waals surface area contributed by atoms with Gasteiger partial charge in [-0.3, -0.25) is 14.7 Å². The highest BCUT2D eigenvalue weighted by Gasteiger charge is 2.29. The van der Waals surface area contributed by atoms with Crippen LogP contribution in [0.25, 0.3) is 10.2 Å². The third-order valence-electron chi connectivity index (χ3n) is 4.86. The fourth-order valence-electron chi connectivity index (χ4n) is 3.44. The molecule has 0 atom stereocenters. The van der Waals surface area contributed by atoms with Crippen LogP contribution in [0, 0.1) is 6.92 Å². The number of anilines is 1. The van der Waals surface area contributed by atoms with E-state index in [1.54, 1.807) is 11.1 Å². The second-order valence-electron chi connectivity index (χ2n) is 6.88. The van der Waals surface area contributed by atoms with Crippen LogP contribution in [0.4, 0.5) is 5.13 Å². The van der Waals surface area contributed by atoms with Crippen LogP contribution in [-0.2, 0) is 19.5 Å². The molecule has 5 rings (SSSR count). The SMILES string of the molecule is Cc1ccc2nc(N(Cc3ccccn3)C(=O)c3nnc4n3CCC4)sc2c1. The van der Waals surface area contributed by atoms with Gasteiger partial charge in [0.15, 0.2) is 5.13 Å². The monoisotopic (exact) mass is 390 g/mol. The summed E-state index contributed by atoms with van der Waals surface area (Å²) in [5.74, 6) is 1.06. The molecule has 0 radical (unpaired) electrons. The molecule has 0 bridgehead atoms. The second kappa shape index (κ2) is 6.79. The van der Waals surface area contributed by atoms with Crippen LogP contribution in [0.15, 0.2) is 42.6 Å². The Hall–Kier alpha value is -3.13. The van der Waals surface area contributed by atoms with Crippen molar-refractivity contribution in [2.45, 2.75) is 32.9 Å². The fraction of sp³-hybridized carbons (Fsp3) is 0.250. The molecule has 0 fully saturated rings. The molecule has 3 aromatic heterocycles. The number of hydrogen-bond donors (Lipinski definition) is 0. The largest absolute Gasteiger partial charge is 0.307 e. The maximum absolute atomic E-state index is 13.5. The summed E-state index contributed by atoms with van der Waals surface area (Å²) in [5.41, 5.74) is 2.85. The van der Waals surface area contributed by atoms with Gasteiger partial charge in [0.1, 0.15) is 5.82 Å². The van der Waals surface area contributed by atoms with Gasteiger partial charge in [-0.1, -0.05) is 23.5 Å². The van der Waals surface area contributed by atoms with Gasteiger partial charge in [0.25, 0.3) is 5.91 Å².